The number of benzene rings is 2. The first-order chi connectivity index (χ1) is 11.5. The SMILES string of the molecule is O=C(Nc1ccc(Cl)cc1C(=O)O)c1cccc(C(=O)C2CC2)c1. The molecule has 0 heterocycles. The zero-order chi connectivity index (χ0) is 17.3. The average Bonchev–Trinajstić information content (AvgIpc) is 3.40. The van der Waals surface area contributed by atoms with Crippen LogP contribution in [-0.4, -0.2) is 22.8 Å². The number of halogens is 1. The number of hydrogen-bond donors (Lipinski definition) is 2. The third-order valence-corrected chi connectivity index (χ3v) is 4.05. The molecule has 0 radical (unpaired) electrons. The Morgan fingerprint density at radius 2 is 1.75 bits per heavy atom. The van der Waals surface area contributed by atoms with E-state index in [0.717, 1.165) is 12.8 Å². The first-order valence-electron chi connectivity index (χ1n) is 7.44. The number of carbonyl (C=O) groups is 3. The Hall–Kier alpha value is -2.66. The summed E-state index contributed by atoms with van der Waals surface area (Å²) in [7, 11) is 0. The van der Waals surface area contributed by atoms with Gasteiger partial charge in [0.15, 0.2) is 5.78 Å². The molecular formula is C18H14ClNO4. The van der Waals surface area contributed by atoms with Gasteiger partial charge in [0, 0.05) is 22.1 Å². The Labute approximate surface area is 143 Å². The van der Waals surface area contributed by atoms with Crippen molar-refractivity contribution >= 4 is 34.9 Å². The monoisotopic (exact) mass is 343 g/mol. The molecule has 24 heavy (non-hydrogen) atoms. The van der Waals surface area contributed by atoms with E-state index < -0.39 is 11.9 Å². The van der Waals surface area contributed by atoms with Gasteiger partial charge in [-0.25, -0.2) is 4.79 Å². The predicted molar refractivity (Wildman–Crippen MR) is 89.9 cm³/mol. The van der Waals surface area contributed by atoms with E-state index >= 15 is 0 Å². The highest BCUT2D eigenvalue weighted by Gasteiger charge is 2.30. The fraction of sp³-hybridized carbons (Fsp3) is 0.167. The van der Waals surface area contributed by atoms with Crippen molar-refractivity contribution in [2.24, 2.45) is 5.92 Å². The number of amides is 1. The third-order valence-electron chi connectivity index (χ3n) is 3.82. The smallest absolute Gasteiger partial charge is 0.337 e. The van der Waals surface area contributed by atoms with Crippen molar-refractivity contribution in [1.82, 2.24) is 0 Å². The summed E-state index contributed by atoms with van der Waals surface area (Å²) in [5.41, 5.74) is 0.851. The van der Waals surface area contributed by atoms with Crippen LogP contribution < -0.4 is 5.32 Å². The number of carboxylic acids is 1. The van der Waals surface area contributed by atoms with E-state index in [2.05, 4.69) is 5.32 Å². The molecule has 0 bridgehead atoms. The second kappa shape index (κ2) is 6.45. The second-order valence-electron chi connectivity index (χ2n) is 5.67. The van der Waals surface area contributed by atoms with Crippen LogP contribution in [0.2, 0.25) is 5.02 Å². The van der Waals surface area contributed by atoms with Gasteiger partial charge in [-0.15, -0.1) is 0 Å². The zero-order valence-corrected chi connectivity index (χ0v) is 13.3. The largest absolute Gasteiger partial charge is 0.478 e. The van der Waals surface area contributed by atoms with Crippen molar-refractivity contribution in [3.63, 3.8) is 0 Å². The molecule has 0 atom stereocenters. The summed E-state index contributed by atoms with van der Waals surface area (Å²) in [6, 6.07) is 10.6. The Balaban J connectivity index is 1.84. The summed E-state index contributed by atoms with van der Waals surface area (Å²) in [5, 5.41) is 12.0. The van der Waals surface area contributed by atoms with Gasteiger partial charge in [0.25, 0.3) is 5.91 Å². The number of nitrogens with one attached hydrogen (secondary N) is 1. The molecule has 1 saturated carbocycles. The van der Waals surface area contributed by atoms with Gasteiger partial charge in [0.1, 0.15) is 0 Å². The zero-order valence-electron chi connectivity index (χ0n) is 12.6. The molecule has 6 heteroatoms. The topological polar surface area (TPSA) is 83.5 Å². The minimum absolute atomic E-state index is 0.0439. The number of carboxylic acid groups (broad SMARTS) is 1. The maximum atomic E-state index is 12.4. The standard InChI is InChI=1S/C18H14ClNO4/c19-13-6-7-15(14(9-13)18(23)24)20-17(22)12-3-1-2-11(8-12)16(21)10-4-5-10/h1-3,6-10H,4-5H2,(H,20,22)(H,23,24). The van der Waals surface area contributed by atoms with Crippen LogP contribution in [0.3, 0.4) is 0 Å². The van der Waals surface area contributed by atoms with Crippen LogP contribution in [0.5, 0.6) is 0 Å². The molecule has 0 saturated heterocycles. The lowest BCUT2D eigenvalue weighted by atomic mass is 10.0. The molecule has 2 N–H and O–H groups in total. The lowest BCUT2D eigenvalue weighted by Gasteiger charge is -2.09. The Bertz CT molecular complexity index is 843. The molecule has 5 nitrogen and oxygen atoms in total. The van der Waals surface area contributed by atoms with E-state index in [1.54, 1.807) is 18.2 Å². The lowest BCUT2D eigenvalue weighted by Crippen LogP contribution is -2.15. The maximum Gasteiger partial charge on any atom is 0.337 e. The van der Waals surface area contributed by atoms with Crippen molar-refractivity contribution in [1.29, 1.82) is 0 Å². The molecule has 2 aromatic rings. The number of ketones is 1. The van der Waals surface area contributed by atoms with Crippen LogP contribution in [0.4, 0.5) is 5.69 Å². The van der Waals surface area contributed by atoms with Crippen LogP contribution >= 0.6 is 11.6 Å². The van der Waals surface area contributed by atoms with Crippen molar-refractivity contribution in [2.45, 2.75) is 12.8 Å². The number of rotatable bonds is 5. The highest BCUT2D eigenvalue weighted by molar-refractivity contribution is 6.31. The fourth-order valence-electron chi connectivity index (χ4n) is 2.39. The van der Waals surface area contributed by atoms with Crippen molar-refractivity contribution in [2.75, 3.05) is 5.32 Å². The molecule has 1 aliphatic carbocycles. The van der Waals surface area contributed by atoms with Crippen molar-refractivity contribution in [3.05, 3.63) is 64.2 Å². The number of Topliss-reactive ketones (excluding diaryl/α,β-unsaturated/α-hetero) is 1. The highest BCUT2D eigenvalue weighted by Crippen LogP contribution is 2.32. The Morgan fingerprint density at radius 3 is 2.42 bits per heavy atom. The minimum Gasteiger partial charge on any atom is -0.478 e. The summed E-state index contributed by atoms with van der Waals surface area (Å²) in [6.07, 6.45) is 1.78. The van der Waals surface area contributed by atoms with E-state index in [0.29, 0.717) is 11.1 Å². The molecule has 3 rings (SSSR count). The van der Waals surface area contributed by atoms with E-state index in [4.69, 9.17) is 11.6 Å². The Kier molecular flexibility index (Phi) is 4.36. The van der Waals surface area contributed by atoms with Crippen molar-refractivity contribution in [3.8, 4) is 0 Å². The van der Waals surface area contributed by atoms with E-state index in [9.17, 15) is 19.5 Å². The molecule has 0 aromatic heterocycles. The molecule has 0 spiro atoms. The van der Waals surface area contributed by atoms with Gasteiger partial charge in [-0.2, -0.15) is 0 Å². The lowest BCUT2D eigenvalue weighted by molar-refractivity contribution is 0.0697. The summed E-state index contributed by atoms with van der Waals surface area (Å²) in [5.74, 6) is -1.56. The Morgan fingerprint density at radius 1 is 1.04 bits per heavy atom. The molecule has 122 valence electrons. The highest BCUT2D eigenvalue weighted by atomic mass is 35.5. The van der Waals surface area contributed by atoms with Crippen LogP contribution in [0, 0.1) is 5.92 Å². The van der Waals surface area contributed by atoms with E-state index in [1.165, 1.54) is 24.3 Å². The first kappa shape index (κ1) is 16.2. The molecule has 1 amide bonds. The first-order valence-corrected chi connectivity index (χ1v) is 7.82. The number of aromatic carboxylic acids is 1. The minimum atomic E-state index is -1.19. The molecule has 2 aromatic carbocycles. The number of hydrogen-bond acceptors (Lipinski definition) is 3. The van der Waals surface area contributed by atoms with Gasteiger partial charge < -0.3 is 10.4 Å². The average molecular weight is 344 g/mol. The fourth-order valence-corrected chi connectivity index (χ4v) is 2.56. The summed E-state index contributed by atoms with van der Waals surface area (Å²) in [6.45, 7) is 0. The van der Waals surface area contributed by atoms with Gasteiger partial charge >= 0.3 is 5.97 Å². The summed E-state index contributed by atoms with van der Waals surface area (Å²) < 4.78 is 0. The van der Waals surface area contributed by atoms with E-state index in [-0.39, 0.29) is 28.0 Å². The molecule has 0 unspecified atom stereocenters. The molecule has 1 aliphatic rings. The maximum absolute atomic E-state index is 12.4. The number of carbonyl (C=O) groups excluding carboxylic acids is 2. The van der Waals surface area contributed by atoms with Crippen LogP contribution in [0.1, 0.15) is 43.9 Å². The quantitative estimate of drug-likeness (QED) is 0.807. The molecule has 1 fully saturated rings. The van der Waals surface area contributed by atoms with Crippen LogP contribution in [0.15, 0.2) is 42.5 Å². The van der Waals surface area contributed by atoms with Gasteiger partial charge in [-0.1, -0.05) is 23.7 Å². The third kappa shape index (κ3) is 3.46. The van der Waals surface area contributed by atoms with Crippen LogP contribution in [0.25, 0.3) is 0 Å². The predicted octanol–water partition coefficient (Wildman–Crippen LogP) is 3.88. The van der Waals surface area contributed by atoms with Gasteiger partial charge in [0.2, 0.25) is 0 Å². The van der Waals surface area contributed by atoms with Gasteiger partial charge in [-0.05, 0) is 43.2 Å². The second-order valence-corrected chi connectivity index (χ2v) is 6.10. The molecule has 0 aliphatic heterocycles. The summed E-state index contributed by atoms with van der Waals surface area (Å²) in [4.78, 5) is 35.7. The molecular weight excluding hydrogens is 330 g/mol. The normalized spacial score (nSPS) is 13.4. The van der Waals surface area contributed by atoms with Gasteiger partial charge in [-0.3, -0.25) is 9.59 Å². The van der Waals surface area contributed by atoms with Crippen LogP contribution in [-0.2, 0) is 0 Å². The van der Waals surface area contributed by atoms with Crippen molar-refractivity contribution < 1.29 is 19.5 Å². The summed E-state index contributed by atoms with van der Waals surface area (Å²) >= 11 is 5.79. The van der Waals surface area contributed by atoms with Gasteiger partial charge in [0.05, 0.1) is 11.3 Å². The van der Waals surface area contributed by atoms with E-state index in [1.807, 2.05) is 0 Å². The number of anilines is 1.